The van der Waals surface area contributed by atoms with Gasteiger partial charge in [-0.2, -0.15) is 25.3 Å². The Morgan fingerprint density at radius 2 is 1.08 bits per heavy atom. The highest BCUT2D eigenvalue weighted by molar-refractivity contribution is 7.80. The molecule has 19 N–H and O–H groups in total. The summed E-state index contributed by atoms with van der Waals surface area (Å²) in [6.45, 7) is -0.364. The van der Waals surface area contributed by atoms with Gasteiger partial charge in [0.2, 0.25) is 65.0 Å². The molecule has 1 saturated heterocycles. The number of primary amides is 3. The summed E-state index contributed by atoms with van der Waals surface area (Å²) in [6, 6.07) is 6.21. The van der Waals surface area contributed by atoms with Crippen molar-refractivity contribution in [1.82, 2.24) is 42.1 Å². The zero-order valence-corrected chi connectivity index (χ0v) is 42.3. The van der Waals surface area contributed by atoms with Crippen molar-refractivity contribution in [3.63, 3.8) is 0 Å². The average Bonchev–Trinajstić information content (AvgIpc) is 3.86. The predicted octanol–water partition coefficient (Wildman–Crippen LogP) is -5.65. The van der Waals surface area contributed by atoms with Crippen LogP contribution >= 0.6 is 25.3 Å². The molecule has 0 aromatic heterocycles. The Labute approximate surface area is 438 Å². The highest BCUT2D eigenvalue weighted by Gasteiger charge is 2.40. The Kier molecular flexibility index (Phi) is 25.7. The van der Waals surface area contributed by atoms with E-state index in [9.17, 15) is 52.7 Å². The molecule has 0 bridgehead atoms. The van der Waals surface area contributed by atoms with Crippen LogP contribution in [0.15, 0.2) is 65.7 Å². The third-order valence-corrected chi connectivity index (χ3v) is 12.1. The zero-order valence-electron chi connectivity index (χ0n) is 40.5. The Hall–Kier alpha value is -7.46. The Balaban J connectivity index is 1.85. The number of hydrogen-bond acceptors (Lipinski definition) is 15. The number of carbonyl (C=O) groups is 11. The third kappa shape index (κ3) is 20.9. The molecule has 2 aromatic rings. The molecule has 28 heteroatoms. The SMILES string of the molecule is NC(=O)CC[C@H](NC(=O)[C@H](Cc1ccccc1)NC(=O)[C@H](Cc1ccccc1)NC(=O)[C@@H](N)CS)C(=O)N[C@@H](CC(N)=O)C(=O)N[C@@H](CS)C(=O)N1CCC[C@H]1C(=O)N[C@@H](CCCN=C(N)N)C(=O)NCC(N)=O. The fourth-order valence-electron chi connectivity index (χ4n) is 7.56. The van der Waals surface area contributed by atoms with E-state index in [2.05, 4.69) is 67.5 Å². The summed E-state index contributed by atoms with van der Waals surface area (Å²) in [4.78, 5) is 151. The van der Waals surface area contributed by atoms with Gasteiger partial charge in [-0.15, -0.1) is 0 Å². The number of guanidine groups is 1. The molecule has 8 atom stereocenters. The standard InChI is InChI=1S/C46H67N15O11S2/c47-27(23-73)38(65)57-30(19-25-9-3-1-4-10-25)42(69)58-31(20-26-11-5-2-6-12-26)41(68)55-29(15-16-35(48)62)40(67)59-32(21-36(49)63)43(70)60-33(24-74)45(72)61-18-8-14-34(61)44(71)56-28(13-7-17-53-46(51)52)39(66)54-22-37(50)64/h1-6,9-12,27-34,73-74H,7-8,13-24,47H2,(H2,48,62)(H2,49,63)(H2,50,64)(H,54,66)(H,55,68)(H,56,71)(H,57,65)(H,58,69)(H,59,67)(H,60,70)(H4,51,52,53)/t27-,28-,29-,30-,31-,32-,33-,34-/m0/s1. The van der Waals surface area contributed by atoms with Crippen LogP contribution in [0.1, 0.15) is 56.1 Å². The van der Waals surface area contributed by atoms with E-state index >= 15 is 0 Å². The van der Waals surface area contributed by atoms with Gasteiger partial charge in [0.25, 0.3) is 0 Å². The maximum Gasteiger partial charge on any atom is 0.246 e. The molecule has 0 unspecified atom stereocenters. The first-order valence-corrected chi connectivity index (χ1v) is 24.8. The number of benzene rings is 2. The topological polar surface area (TPSA) is 444 Å². The third-order valence-electron chi connectivity index (χ3n) is 11.4. The number of nitrogens with zero attached hydrogens (tertiary/aromatic N) is 2. The molecule has 0 radical (unpaired) electrons. The van der Waals surface area contributed by atoms with Crippen molar-refractivity contribution in [2.24, 2.45) is 39.4 Å². The van der Waals surface area contributed by atoms with Crippen molar-refractivity contribution < 1.29 is 52.7 Å². The maximum atomic E-state index is 14.3. The Bertz CT molecular complexity index is 2330. The van der Waals surface area contributed by atoms with E-state index in [1.807, 2.05) is 0 Å². The normalized spacial score (nSPS) is 15.7. The molecule has 1 aliphatic heterocycles. The molecule has 1 fully saturated rings. The van der Waals surface area contributed by atoms with Gasteiger partial charge in [0, 0.05) is 43.9 Å². The molecule has 3 rings (SSSR count). The minimum absolute atomic E-state index is 0.0110. The number of rotatable bonds is 31. The smallest absolute Gasteiger partial charge is 0.246 e. The van der Waals surface area contributed by atoms with Crippen molar-refractivity contribution in [2.75, 3.05) is 31.1 Å². The summed E-state index contributed by atoms with van der Waals surface area (Å²) in [7, 11) is 0. The summed E-state index contributed by atoms with van der Waals surface area (Å²) in [6.07, 6.45) is -1.12. The highest BCUT2D eigenvalue weighted by Crippen LogP contribution is 2.20. The molecule has 1 heterocycles. The summed E-state index contributed by atoms with van der Waals surface area (Å²) >= 11 is 8.32. The van der Waals surface area contributed by atoms with Gasteiger partial charge in [0.1, 0.15) is 42.3 Å². The van der Waals surface area contributed by atoms with E-state index < -0.39 is 139 Å². The molecule has 404 valence electrons. The average molecular weight is 1070 g/mol. The molecular weight excluding hydrogens is 1000 g/mol. The van der Waals surface area contributed by atoms with E-state index in [4.69, 9.17) is 34.4 Å². The second kappa shape index (κ2) is 31.2. The lowest BCUT2D eigenvalue weighted by molar-refractivity contribution is -0.142. The van der Waals surface area contributed by atoms with Crippen LogP contribution in [0.5, 0.6) is 0 Å². The summed E-state index contributed by atoms with van der Waals surface area (Å²) in [5.74, 6) is -10.2. The van der Waals surface area contributed by atoms with Crippen molar-refractivity contribution >= 4 is 96.2 Å². The van der Waals surface area contributed by atoms with Crippen LogP contribution in [0, 0.1) is 0 Å². The van der Waals surface area contributed by atoms with Crippen LogP contribution in [0.4, 0.5) is 0 Å². The van der Waals surface area contributed by atoms with Crippen LogP contribution in [0.3, 0.4) is 0 Å². The number of carbonyl (C=O) groups excluding carboxylic acids is 11. The first-order chi connectivity index (χ1) is 35.1. The molecule has 26 nitrogen and oxygen atoms in total. The monoisotopic (exact) mass is 1070 g/mol. The number of thiol groups is 2. The number of aliphatic imine (C=N–C) groups is 1. The molecule has 11 amide bonds. The van der Waals surface area contributed by atoms with Gasteiger partial charge >= 0.3 is 0 Å². The fraction of sp³-hybridized carbons (Fsp3) is 0.478. The maximum absolute atomic E-state index is 14.3. The van der Waals surface area contributed by atoms with Gasteiger partial charge < -0.3 is 76.5 Å². The molecule has 0 aliphatic carbocycles. The van der Waals surface area contributed by atoms with Crippen molar-refractivity contribution in [3.8, 4) is 0 Å². The predicted molar refractivity (Wildman–Crippen MR) is 277 cm³/mol. The van der Waals surface area contributed by atoms with Gasteiger partial charge in [0.05, 0.1) is 19.0 Å². The first kappa shape index (κ1) is 60.8. The van der Waals surface area contributed by atoms with Crippen molar-refractivity contribution in [1.29, 1.82) is 0 Å². The molecule has 0 saturated carbocycles. The zero-order chi connectivity index (χ0) is 54.9. The minimum atomic E-state index is -1.79. The van der Waals surface area contributed by atoms with Gasteiger partial charge in [0.15, 0.2) is 5.96 Å². The summed E-state index contributed by atoms with van der Waals surface area (Å²) in [5.41, 5.74) is 34.0. The van der Waals surface area contributed by atoms with Gasteiger partial charge in [-0.1, -0.05) is 60.7 Å². The van der Waals surface area contributed by atoms with Crippen LogP contribution < -0.4 is 71.6 Å². The van der Waals surface area contributed by atoms with Crippen LogP contribution in [0.25, 0.3) is 0 Å². The lowest BCUT2D eigenvalue weighted by Crippen LogP contribution is -2.61. The number of nitrogens with one attached hydrogen (secondary N) is 7. The molecular formula is C46H67N15O11S2. The fourth-order valence-corrected chi connectivity index (χ4v) is 7.97. The van der Waals surface area contributed by atoms with E-state index in [0.29, 0.717) is 17.5 Å². The molecule has 74 heavy (non-hydrogen) atoms. The number of amides is 11. The summed E-state index contributed by atoms with van der Waals surface area (Å²) < 4.78 is 0. The highest BCUT2D eigenvalue weighted by atomic mass is 32.1. The van der Waals surface area contributed by atoms with E-state index in [1.165, 1.54) is 4.90 Å². The van der Waals surface area contributed by atoms with Gasteiger partial charge in [-0.25, -0.2) is 0 Å². The number of nitrogens with two attached hydrogens (primary N) is 6. The van der Waals surface area contributed by atoms with Crippen LogP contribution in [-0.4, -0.2) is 155 Å². The minimum Gasteiger partial charge on any atom is -0.370 e. The van der Waals surface area contributed by atoms with Crippen LogP contribution in [-0.2, 0) is 65.6 Å². The van der Waals surface area contributed by atoms with E-state index in [0.717, 1.165) is 0 Å². The van der Waals surface area contributed by atoms with Gasteiger partial charge in [-0.05, 0) is 43.2 Å². The van der Waals surface area contributed by atoms with Gasteiger partial charge in [-0.3, -0.25) is 57.7 Å². The second-order valence-corrected chi connectivity index (χ2v) is 17.9. The van der Waals surface area contributed by atoms with E-state index in [1.54, 1.807) is 60.7 Å². The lowest BCUT2D eigenvalue weighted by Gasteiger charge is -2.30. The second-order valence-electron chi connectivity index (χ2n) is 17.2. The largest absolute Gasteiger partial charge is 0.370 e. The summed E-state index contributed by atoms with van der Waals surface area (Å²) in [5, 5.41) is 17.5. The molecule has 0 spiro atoms. The van der Waals surface area contributed by atoms with Crippen LogP contribution in [0.2, 0.25) is 0 Å². The Morgan fingerprint density at radius 1 is 0.581 bits per heavy atom. The lowest BCUT2D eigenvalue weighted by atomic mass is 10.0. The molecule has 2 aromatic carbocycles. The quantitative estimate of drug-likeness (QED) is 0.0145. The van der Waals surface area contributed by atoms with Crippen molar-refractivity contribution in [3.05, 3.63) is 71.8 Å². The Morgan fingerprint density at radius 3 is 1.59 bits per heavy atom. The van der Waals surface area contributed by atoms with E-state index in [-0.39, 0.29) is 62.7 Å². The number of likely N-dealkylation sites (tertiary alicyclic amines) is 1. The molecule has 1 aliphatic rings. The first-order valence-electron chi connectivity index (χ1n) is 23.5. The van der Waals surface area contributed by atoms with Crippen molar-refractivity contribution in [2.45, 2.75) is 106 Å². The number of hydrogen-bond donors (Lipinski definition) is 15.